The molecule has 1 aromatic rings. The van der Waals surface area contributed by atoms with E-state index in [1.54, 1.807) is 6.07 Å². The number of halogens is 1. The van der Waals surface area contributed by atoms with Crippen LogP contribution in [0, 0.1) is 11.7 Å². The van der Waals surface area contributed by atoms with Crippen molar-refractivity contribution in [2.75, 3.05) is 7.11 Å². The van der Waals surface area contributed by atoms with Crippen molar-refractivity contribution in [3.8, 4) is 5.75 Å². The van der Waals surface area contributed by atoms with Crippen molar-refractivity contribution in [2.45, 2.75) is 38.2 Å². The molecule has 94 valence electrons. The van der Waals surface area contributed by atoms with Gasteiger partial charge in [0.2, 0.25) is 0 Å². The van der Waals surface area contributed by atoms with E-state index in [0.717, 1.165) is 18.4 Å². The van der Waals surface area contributed by atoms with Crippen molar-refractivity contribution < 1.29 is 14.2 Å². The van der Waals surface area contributed by atoms with Gasteiger partial charge in [0.1, 0.15) is 0 Å². The average molecular weight is 238 g/mol. The van der Waals surface area contributed by atoms with Crippen molar-refractivity contribution >= 4 is 0 Å². The zero-order chi connectivity index (χ0) is 12.5. The lowest BCUT2D eigenvalue weighted by Gasteiger charge is -2.27. The zero-order valence-electron chi connectivity index (χ0n) is 10.4. The summed E-state index contributed by atoms with van der Waals surface area (Å²) in [6.07, 6.45) is 3.41. The molecule has 1 N–H and O–H groups in total. The smallest absolute Gasteiger partial charge is 0.165 e. The number of hydrogen-bond acceptors (Lipinski definition) is 2. The average Bonchev–Trinajstić information content (AvgIpc) is 3.13. The third kappa shape index (κ3) is 2.60. The van der Waals surface area contributed by atoms with Gasteiger partial charge in [-0.05, 0) is 42.9 Å². The normalized spacial score (nSPS) is 18.8. The summed E-state index contributed by atoms with van der Waals surface area (Å²) in [7, 11) is 1.45. The van der Waals surface area contributed by atoms with Crippen molar-refractivity contribution in [3.63, 3.8) is 0 Å². The minimum atomic E-state index is -0.666. The summed E-state index contributed by atoms with van der Waals surface area (Å²) in [5, 5.41) is 10.5. The first kappa shape index (κ1) is 12.4. The third-order valence-electron chi connectivity index (χ3n) is 3.68. The number of benzene rings is 1. The Morgan fingerprint density at radius 3 is 2.65 bits per heavy atom. The van der Waals surface area contributed by atoms with Gasteiger partial charge in [-0.25, -0.2) is 4.39 Å². The molecular weight excluding hydrogens is 219 g/mol. The van der Waals surface area contributed by atoms with E-state index >= 15 is 0 Å². The van der Waals surface area contributed by atoms with E-state index in [1.165, 1.54) is 13.2 Å². The van der Waals surface area contributed by atoms with Gasteiger partial charge in [-0.3, -0.25) is 0 Å². The maximum atomic E-state index is 13.5. The summed E-state index contributed by atoms with van der Waals surface area (Å²) in [5.74, 6) is 0.275. The predicted molar refractivity (Wildman–Crippen MR) is 64.6 cm³/mol. The van der Waals surface area contributed by atoms with Crippen LogP contribution >= 0.6 is 0 Å². The molecule has 0 radical (unpaired) electrons. The molecule has 3 heteroatoms. The van der Waals surface area contributed by atoms with E-state index in [-0.39, 0.29) is 11.6 Å². The van der Waals surface area contributed by atoms with Crippen LogP contribution in [-0.4, -0.2) is 17.8 Å². The molecular formula is C14H19FO2. The maximum absolute atomic E-state index is 13.5. The molecule has 1 unspecified atom stereocenters. The number of aliphatic hydroxyl groups is 1. The van der Waals surface area contributed by atoms with Gasteiger partial charge in [-0.2, -0.15) is 0 Å². The van der Waals surface area contributed by atoms with Gasteiger partial charge in [0.25, 0.3) is 0 Å². The molecule has 0 saturated heterocycles. The molecule has 0 spiro atoms. The van der Waals surface area contributed by atoms with Crippen molar-refractivity contribution in [1.82, 2.24) is 0 Å². The molecule has 1 fully saturated rings. The number of methoxy groups -OCH3 is 1. The number of hydrogen-bond donors (Lipinski definition) is 1. The summed E-state index contributed by atoms with van der Waals surface area (Å²) in [5.41, 5.74) is 0.167. The second kappa shape index (κ2) is 4.65. The van der Waals surface area contributed by atoms with Crippen LogP contribution in [0.15, 0.2) is 18.2 Å². The highest BCUT2D eigenvalue weighted by atomic mass is 19.1. The SMILES string of the molecule is CCC(O)(Cc1ccc(OC)c(F)c1)C1CC1. The first-order valence-corrected chi connectivity index (χ1v) is 6.14. The Morgan fingerprint density at radius 2 is 2.18 bits per heavy atom. The van der Waals surface area contributed by atoms with E-state index < -0.39 is 5.60 Å². The van der Waals surface area contributed by atoms with Crippen LogP contribution in [0.5, 0.6) is 5.75 Å². The molecule has 2 nitrogen and oxygen atoms in total. The van der Waals surface area contributed by atoms with Crippen LogP contribution < -0.4 is 4.74 Å². The fourth-order valence-corrected chi connectivity index (χ4v) is 2.35. The molecule has 1 atom stereocenters. The summed E-state index contributed by atoms with van der Waals surface area (Å²) >= 11 is 0. The third-order valence-corrected chi connectivity index (χ3v) is 3.68. The number of ether oxygens (including phenoxy) is 1. The molecule has 0 aromatic heterocycles. The highest BCUT2D eigenvalue weighted by molar-refractivity contribution is 5.30. The Balaban J connectivity index is 2.15. The molecule has 2 rings (SSSR count). The largest absolute Gasteiger partial charge is 0.494 e. The maximum Gasteiger partial charge on any atom is 0.165 e. The molecule has 1 aromatic carbocycles. The molecule has 1 aliphatic rings. The topological polar surface area (TPSA) is 29.5 Å². The summed E-state index contributed by atoms with van der Waals surface area (Å²) in [4.78, 5) is 0. The van der Waals surface area contributed by atoms with Gasteiger partial charge < -0.3 is 9.84 Å². The highest BCUT2D eigenvalue weighted by Crippen LogP contribution is 2.43. The lowest BCUT2D eigenvalue weighted by Crippen LogP contribution is -2.33. The number of rotatable bonds is 5. The van der Waals surface area contributed by atoms with Crippen LogP contribution in [0.3, 0.4) is 0 Å². The Morgan fingerprint density at radius 1 is 1.47 bits per heavy atom. The van der Waals surface area contributed by atoms with E-state index in [9.17, 15) is 9.50 Å². The Hall–Kier alpha value is -1.09. The fraction of sp³-hybridized carbons (Fsp3) is 0.571. The molecule has 0 amide bonds. The fourth-order valence-electron chi connectivity index (χ4n) is 2.35. The second-order valence-corrected chi connectivity index (χ2v) is 4.88. The van der Waals surface area contributed by atoms with E-state index in [2.05, 4.69) is 0 Å². The van der Waals surface area contributed by atoms with Crippen LogP contribution in [0.1, 0.15) is 31.7 Å². The predicted octanol–water partition coefficient (Wildman–Crippen LogP) is 2.93. The Bertz CT molecular complexity index is 401. The molecule has 0 heterocycles. The highest BCUT2D eigenvalue weighted by Gasteiger charge is 2.42. The lowest BCUT2D eigenvalue weighted by molar-refractivity contribution is 0.0138. The van der Waals surface area contributed by atoms with Crippen LogP contribution in [-0.2, 0) is 6.42 Å². The molecule has 17 heavy (non-hydrogen) atoms. The van der Waals surface area contributed by atoms with Crippen LogP contribution in [0.4, 0.5) is 4.39 Å². The standard InChI is InChI=1S/C14H19FO2/c1-3-14(16,11-5-6-11)9-10-4-7-13(17-2)12(15)8-10/h4,7-8,11,16H,3,5-6,9H2,1-2H3. The van der Waals surface area contributed by atoms with E-state index in [4.69, 9.17) is 4.74 Å². The van der Waals surface area contributed by atoms with Gasteiger partial charge in [0.15, 0.2) is 11.6 Å². The lowest BCUT2D eigenvalue weighted by atomic mass is 9.87. The van der Waals surface area contributed by atoms with Gasteiger partial charge >= 0.3 is 0 Å². The summed E-state index contributed by atoms with van der Waals surface area (Å²) in [6.45, 7) is 1.98. The minimum absolute atomic E-state index is 0.250. The second-order valence-electron chi connectivity index (χ2n) is 4.88. The molecule has 0 bridgehead atoms. The molecule has 1 aliphatic carbocycles. The van der Waals surface area contributed by atoms with Crippen molar-refractivity contribution in [1.29, 1.82) is 0 Å². The molecule has 0 aliphatic heterocycles. The summed E-state index contributed by atoms with van der Waals surface area (Å²) < 4.78 is 18.4. The Labute approximate surface area is 101 Å². The quantitative estimate of drug-likeness (QED) is 0.854. The van der Waals surface area contributed by atoms with Crippen LogP contribution in [0.25, 0.3) is 0 Å². The zero-order valence-corrected chi connectivity index (χ0v) is 10.4. The Kier molecular flexibility index (Phi) is 3.38. The summed E-state index contributed by atoms with van der Waals surface area (Å²) in [6, 6.07) is 4.90. The van der Waals surface area contributed by atoms with Gasteiger partial charge in [0.05, 0.1) is 12.7 Å². The van der Waals surface area contributed by atoms with Crippen molar-refractivity contribution in [2.24, 2.45) is 5.92 Å². The molecule has 1 saturated carbocycles. The minimum Gasteiger partial charge on any atom is -0.494 e. The van der Waals surface area contributed by atoms with Gasteiger partial charge in [-0.15, -0.1) is 0 Å². The van der Waals surface area contributed by atoms with E-state index in [0.29, 0.717) is 18.8 Å². The first-order chi connectivity index (χ1) is 8.09. The first-order valence-electron chi connectivity index (χ1n) is 6.14. The van der Waals surface area contributed by atoms with Crippen LogP contribution in [0.2, 0.25) is 0 Å². The van der Waals surface area contributed by atoms with Crippen molar-refractivity contribution in [3.05, 3.63) is 29.6 Å². The van der Waals surface area contributed by atoms with Gasteiger partial charge in [0, 0.05) is 6.42 Å². The monoisotopic (exact) mass is 238 g/mol. The van der Waals surface area contributed by atoms with E-state index in [1.807, 2.05) is 13.0 Å². The van der Waals surface area contributed by atoms with Gasteiger partial charge in [-0.1, -0.05) is 13.0 Å².